The zero-order chi connectivity index (χ0) is 17.2. The summed E-state index contributed by atoms with van der Waals surface area (Å²) in [4.78, 5) is 20.0. The van der Waals surface area contributed by atoms with Gasteiger partial charge in [0.1, 0.15) is 5.01 Å². The molecule has 6 heteroatoms. The summed E-state index contributed by atoms with van der Waals surface area (Å²) in [5.74, 6) is -0.202. The Morgan fingerprint density at radius 3 is 2.76 bits per heavy atom. The van der Waals surface area contributed by atoms with E-state index < -0.39 is 0 Å². The number of thiophene rings is 2. The van der Waals surface area contributed by atoms with Crippen molar-refractivity contribution in [2.75, 3.05) is 6.61 Å². The van der Waals surface area contributed by atoms with Gasteiger partial charge in [0.15, 0.2) is 0 Å². The van der Waals surface area contributed by atoms with E-state index in [2.05, 4.69) is 18.2 Å². The number of hydrogen-bond acceptors (Lipinski definition) is 6. The highest BCUT2D eigenvalue weighted by atomic mass is 32.1. The number of hydrogen-bond donors (Lipinski definition) is 0. The molecule has 0 aliphatic rings. The number of carbonyl (C=O) groups is 1. The van der Waals surface area contributed by atoms with E-state index >= 15 is 0 Å². The van der Waals surface area contributed by atoms with Crippen molar-refractivity contribution in [1.29, 1.82) is 0 Å². The fourth-order valence-corrected chi connectivity index (χ4v) is 5.59. The standard InChI is InChI=1S/C19H15NO2S3/c1-2-22-17(21)11-15-18(14-8-5-9-23-14)20-19(25-15)16-10-12-6-3-4-7-13(12)24-16/h3-10H,2,11H2,1H3. The minimum Gasteiger partial charge on any atom is -0.466 e. The second-order valence-corrected chi connectivity index (χ2v) is 8.51. The van der Waals surface area contributed by atoms with Gasteiger partial charge >= 0.3 is 5.97 Å². The molecule has 3 heterocycles. The van der Waals surface area contributed by atoms with Gasteiger partial charge in [-0.3, -0.25) is 4.79 Å². The van der Waals surface area contributed by atoms with Crippen molar-refractivity contribution in [3.05, 3.63) is 52.7 Å². The normalized spacial score (nSPS) is 11.1. The minimum absolute atomic E-state index is 0.202. The number of carbonyl (C=O) groups excluding carboxylic acids is 1. The van der Waals surface area contributed by atoms with E-state index in [1.807, 2.05) is 36.6 Å². The average Bonchev–Trinajstić information content (AvgIpc) is 3.33. The Morgan fingerprint density at radius 2 is 2.00 bits per heavy atom. The molecule has 0 N–H and O–H groups in total. The van der Waals surface area contributed by atoms with Gasteiger partial charge in [-0.1, -0.05) is 24.3 Å². The first-order valence-electron chi connectivity index (χ1n) is 7.92. The van der Waals surface area contributed by atoms with E-state index in [0.29, 0.717) is 6.61 Å². The summed E-state index contributed by atoms with van der Waals surface area (Å²) in [6.45, 7) is 2.22. The zero-order valence-electron chi connectivity index (χ0n) is 13.5. The number of rotatable bonds is 5. The maximum atomic E-state index is 12.0. The number of ether oxygens (including phenoxy) is 1. The Balaban J connectivity index is 1.77. The van der Waals surface area contributed by atoms with Crippen LogP contribution in [0.5, 0.6) is 0 Å². The number of thiazole rings is 1. The molecule has 25 heavy (non-hydrogen) atoms. The second-order valence-electron chi connectivity index (χ2n) is 5.40. The summed E-state index contributed by atoms with van der Waals surface area (Å²) in [6, 6.07) is 14.6. The van der Waals surface area contributed by atoms with E-state index in [1.54, 1.807) is 34.0 Å². The predicted molar refractivity (Wildman–Crippen MR) is 107 cm³/mol. The summed E-state index contributed by atoms with van der Waals surface area (Å²) in [7, 11) is 0. The molecule has 0 bridgehead atoms. The Labute approximate surface area is 157 Å². The third kappa shape index (κ3) is 3.38. The maximum Gasteiger partial charge on any atom is 0.311 e. The van der Waals surface area contributed by atoms with Crippen molar-refractivity contribution in [3.8, 4) is 20.5 Å². The van der Waals surface area contributed by atoms with E-state index in [0.717, 1.165) is 25.3 Å². The van der Waals surface area contributed by atoms with Crippen LogP contribution in [0.3, 0.4) is 0 Å². The lowest BCUT2D eigenvalue weighted by Crippen LogP contribution is -2.06. The molecule has 0 fully saturated rings. The molecule has 0 saturated carbocycles. The molecule has 0 atom stereocenters. The van der Waals surface area contributed by atoms with Crippen molar-refractivity contribution in [3.63, 3.8) is 0 Å². The Kier molecular flexibility index (Phi) is 4.65. The van der Waals surface area contributed by atoms with Crippen molar-refractivity contribution in [2.24, 2.45) is 0 Å². The van der Waals surface area contributed by atoms with Gasteiger partial charge in [-0.15, -0.1) is 34.0 Å². The first kappa shape index (κ1) is 16.4. The summed E-state index contributed by atoms with van der Waals surface area (Å²) >= 11 is 4.96. The third-order valence-corrected chi connectivity index (χ3v) is 6.92. The molecule has 0 amide bonds. The second kappa shape index (κ2) is 7.07. The summed E-state index contributed by atoms with van der Waals surface area (Å²) in [5, 5.41) is 4.22. The van der Waals surface area contributed by atoms with Crippen molar-refractivity contribution >= 4 is 50.1 Å². The van der Waals surface area contributed by atoms with Crippen molar-refractivity contribution in [1.82, 2.24) is 4.98 Å². The number of fused-ring (bicyclic) bond motifs is 1. The van der Waals surface area contributed by atoms with Gasteiger partial charge in [-0.05, 0) is 35.9 Å². The average molecular weight is 386 g/mol. The number of benzene rings is 1. The molecule has 126 valence electrons. The topological polar surface area (TPSA) is 39.2 Å². The van der Waals surface area contributed by atoms with Crippen LogP contribution in [0, 0.1) is 0 Å². The summed E-state index contributed by atoms with van der Waals surface area (Å²) in [5.41, 5.74) is 0.903. The lowest BCUT2D eigenvalue weighted by molar-refractivity contribution is -0.142. The SMILES string of the molecule is CCOC(=O)Cc1sc(-c2cc3ccccc3s2)nc1-c1cccs1. The van der Waals surface area contributed by atoms with Crippen molar-refractivity contribution in [2.45, 2.75) is 13.3 Å². The summed E-state index contributed by atoms with van der Waals surface area (Å²) < 4.78 is 6.37. The van der Waals surface area contributed by atoms with Crippen LogP contribution in [0.2, 0.25) is 0 Å². The Hall–Kier alpha value is -2.02. The van der Waals surface area contributed by atoms with Crippen LogP contribution >= 0.6 is 34.0 Å². The van der Waals surface area contributed by atoms with Gasteiger partial charge in [0, 0.05) is 9.58 Å². The third-order valence-electron chi connectivity index (χ3n) is 3.70. The molecule has 0 aliphatic carbocycles. The maximum absolute atomic E-state index is 12.0. The highest BCUT2D eigenvalue weighted by Gasteiger charge is 2.19. The number of nitrogens with zero attached hydrogens (tertiary/aromatic N) is 1. The first-order valence-corrected chi connectivity index (χ1v) is 10.4. The molecule has 3 aromatic heterocycles. The van der Waals surface area contributed by atoms with Gasteiger partial charge in [0.2, 0.25) is 0 Å². The molecule has 0 unspecified atom stereocenters. The van der Waals surface area contributed by atoms with Crippen molar-refractivity contribution < 1.29 is 9.53 Å². The smallest absolute Gasteiger partial charge is 0.311 e. The van der Waals surface area contributed by atoms with E-state index in [-0.39, 0.29) is 12.4 Å². The molecular formula is C19H15NO2S3. The van der Waals surface area contributed by atoms with Crippen LogP contribution in [0.1, 0.15) is 11.8 Å². The van der Waals surface area contributed by atoms with Crippen LogP contribution in [-0.2, 0) is 16.0 Å². The number of aromatic nitrogens is 1. The molecule has 3 nitrogen and oxygen atoms in total. The quantitative estimate of drug-likeness (QED) is 0.404. The minimum atomic E-state index is -0.202. The number of esters is 1. The highest BCUT2D eigenvalue weighted by molar-refractivity contribution is 7.26. The van der Waals surface area contributed by atoms with Crippen LogP contribution in [0.15, 0.2) is 47.8 Å². The van der Waals surface area contributed by atoms with Crippen LogP contribution in [-0.4, -0.2) is 17.6 Å². The molecule has 1 aromatic carbocycles. The first-order chi connectivity index (χ1) is 12.2. The molecule has 4 rings (SSSR count). The zero-order valence-corrected chi connectivity index (χ0v) is 16.0. The fraction of sp³-hybridized carbons (Fsp3) is 0.158. The predicted octanol–water partition coefficient (Wildman–Crippen LogP) is 5.86. The van der Waals surface area contributed by atoms with Gasteiger partial charge < -0.3 is 4.74 Å². The highest BCUT2D eigenvalue weighted by Crippen LogP contribution is 2.40. The Bertz CT molecular complexity index is 982. The lowest BCUT2D eigenvalue weighted by Gasteiger charge is -2.00. The van der Waals surface area contributed by atoms with Gasteiger partial charge in [-0.2, -0.15) is 0 Å². The molecule has 0 radical (unpaired) electrons. The molecular weight excluding hydrogens is 370 g/mol. The molecule has 0 aliphatic heterocycles. The van der Waals surface area contributed by atoms with Gasteiger partial charge in [-0.25, -0.2) is 4.98 Å². The molecule has 4 aromatic rings. The lowest BCUT2D eigenvalue weighted by atomic mass is 10.2. The molecule has 0 saturated heterocycles. The monoisotopic (exact) mass is 385 g/mol. The van der Waals surface area contributed by atoms with E-state index in [9.17, 15) is 4.79 Å². The Morgan fingerprint density at radius 1 is 1.12 bits per heavy atom. The fourth-order valence-electron chi connectivity index (χ4n) is 2.61. The van der Waals surface area contributed by atoms with Crippen LogP contribution < -0.4 is 0 Å². The largest absolute Gasteiger partial charge is 0.466 e. The summed E-state index contributed by atoms with van der Waals surface area (Å²) in [6.07, 6.45) is 0.267. The van der Waals surface area contributed by atoms with E-state index in [1.165, 1.54) is 10.1 Å². The van der Waals surface area contributed by atoms with Crippen LogP contribution in [0.25, 0.3) is 30.5 Å². The van der Waals surface area contributed by atoms with E-state index in [4.69, 9.17) is 9.72 Å². The van der Waals surface area contributed by atoms with Gasteiger partial charge in [0.05, 0.1) is 28.5 Å². The van der Waals surface area contributed by atoms with Crippen LogP contribution in [0.4, 0.5) is 0 Å². The van der Waals surface area contributed by atoms with Gasteiger partial charge in [0.25, 0.3) is 0 Å². The molecule has 0 spiro atoms.